The van der Waals surface area contributed by atoms with Gasteiger partial charge in [-0.15, -0.1) is 0 Å². The molecule has 0 spiro atoms. The molecule has 1 atom stereocenters. The Morgan fingerprint density at radius 1 is 1.03 bits per heavy atom. The summed E-state index contributed by atoms with van der Waals surface area (Å²) < 4.78 is 39.9. The van der Waals surface area contributed by atoms with E-state index in [0.29, 0.717) is 28.1 Å². The van der Waals surface area contributed by atoms with Crippen molar-refractivity contribution in [3.05, 3.63) is 90.3 Å². The fraction of sp³-hybridized carbons (Fsp3) is 0.148. The molecule has 5 rings (SSSR count). The van der Waals surface area contributed by atoms with Crippen LogP contribution in [0.4, 0.5) is 19.0 Å². The number of hydrogen-bond donors (Lipinski definition) is 2. The molecule has 0 saturated heterocycles. The number of aromatic nitrogens is 5. The van der Waals surface area contributed by atoms with Gasteiger partial charge in [0.2, 0.25) is 12.3 Å². The van der Waals surface area contributed by atoms with Gasteiger partial charge in [0.05, 0.1) is 28.6 Å². The maximum atomic E-state index is 13.3. The van der Waals surface area contributed by atoms with Crippen LogP contribution in [-0.4, -0.2) is 37.3 Å². The van der Waals surface area contributed by atoms with Crippen LogP contribution in [0.3, 0.4) is 0 Å². The van der Waals surface area contributed by atoms with E-state index in [0.717, 1.165) is 23.4 Å². The van der Waals surface area contributed by atoms with Crippen LogP contribution in [0.25, 0.3) is 33.7 Å². The summed E-state index contributed by atoms with van der Waals surface area (Å²) in [5, 5.41) is 2.63. The zero-order valence-corrected chi connectivity index (χ0v) is 19.6. The average molecular weight is 503 g/mol. The minimum Gasteiger partial charge on any atom is -0.337 e. The zero-order chi connectivity index (χ0) is 25.9. The first-order valence-electron chi connectivity index (χ1n) is 11.5. The van der Waals surface area contributed by atoms with Crippen LogP contribution in [-0.2, 0) is 4.79 Å². The number of aryl methyl sites for hydroxylation is 1. The van der Waals surface area contributed by atoms with Gasteiger partial charge in [-0.1, -0.05) is 18.2 Å². The number of nitrogens with one attached hydrogen (secondary N) is 2. The maximum absolute atomic E-state index is 13.3. The number of hydrogen-bond acceptors (Lipinski definition) is 5. The van der Waals surface area contributed by atoms with Crippen molar-refractivity contribution < 1.29 is 18.0 Å². The molecule has 0 unspecified atom stereocenters. The molecule has 5 aromatic rings. The molecule has 0 aliphatic carbocycles. The summed E-state index contributed by atoms with van der Waals surface area (Å²) in [4.78, 5) is 34.1. The van der Waals surface area contributed by atoms with E-state index in [1.807, 2.05) is 25.1 Å². The molecule has 0 aliphatic rings. The number of fused-ring (bicyclic) bond motifs is 1. The summed E-state index contributed by atoms with van der Waals surface area (Å²) in [7, 11) is 0. The van der Waals surface area contributed by atoms with Crippen LogP contribution >= 0.6 is 0 Å². The second-order valence-corrected chi connectivity index (χ2v) is 8.45. The predicted octanol–water partition coefficient (Wildman–Crippen LogP) is 5.91. The number of carbonyl (C=O) groups is 1. The number of H-pyrrole nitrogens is 1. The van der Waals surface area contributed by atoms with Crippen molar-refractivity contribution in [1.82, 2.24) is 24.9 Å². The highest BCUT2D eigenvalue weighted by Gasteiger charge is 2.26. The van der Waals surface area contributed by atoms with Gasteiger partial charge in [-0.05, 0) is 48.9 Å². The Hall–Kier alpha value is -4.60. The largest absolute Gasteiger partial charge is 0.337 e. The van der Waals surface area contributed by atoms with Crippen LogP contribution in [0, 0.1) is 12.7 Å². The molecule has 7 nitrogen and oxygen atoms in total. The fourth-order valence-corrected chi connectivity index (χ4v) is 4.16. The van der Waals surface area contributed by atoms with E-state index in [1.165, 1.54) is 18.3 Å². The van der Waals surface area contributed by atoms with Crippen molar-refractivity contribution in [3.63, 3.8) is 0 Å². The van der Waals surface area contributed by atoms with Gasteiger partial charge in [0.25, 0.3) is 0 Å². The van der Waals surface area contributed by atoms with E-state index >= 15 is 0 Å². The number of rotatable bonds is 7. The predicted molar refractivity (Wildman–Crippen MR) is 133 cm³/mol. The number of halogens is 3. The molecule has 186 valence electrons. The van der Waals surface area contributed by atoms with Gasteiger partial charge in [0.1, 0.15) is 17.2 Å². The van der Waals surface area contributed by atoms with Crippen molar-refractivity contribution >= 4 is 22.9 Å². The van der Waals surface area contributed by atoms with Crippen LogP contribution in [0.5, 0.6) is 0 Å². The SMILES string of the molecule is Cc1cnc2c(-c3ccccn3)c(-c3ccnc(NC(=O)[C@H](CC(F)F)c4ccc(F)cc4)c3)[nH]c2n1. The topological polar surface area (TPSA) is 96.5 Å². The molecule has 2 N–H and O–H groups in total. The van der Waals surface area contributed by atoms with Gasteiger partial charge in [0.15, 0.2) is 5.65 Å². The molecule has 0 fully saturated rings. The fourth-order valence-electron chi connectivity index (χ4n) is 4.16. The third-order valence-corrected chi connectivity index (χ3v) is 5.85. The van der Waals surface area contributed by atoms with Crippen molar-refractivity contribution in [2.75, 3.05) is 5.32 Å². The van der Waals surface area contributed by atoms with E-state index < -0.39 is 30.5 Å². The summed E-state index contributed by atoms with van der Waals surface area (Å²) in [6.45, 7) is 1.84. The van der Waals surface area contributed by atoms with Crippen molar-refractivity contribution in [3.8, 4) is 22.5 Å². The smallest absolute Gasteiger partial charge is 0.239 e. The van der Waals surface area contributed by atoms with E-state index in [4.69, 9.17) is 0 Å². The standard InChI is InChI=1S/C27H21F3N6O/c1-15-14-33-25-23(20-4-2-3-10-31-20)24(36-26(25)34-15)17-9-11-32-22(12-17)35-27(37)19(13-21(29)30)16-5-7-18(28)8-6-16/h2-12,14,19,21H,13H2,1H3,(H,34,36)(H,32,35,37)/t19-/m1/s1. The molecule has 0 aliphatic heterocycles. The number of anilines is 1. The molecule has 10 heteroatoms. The summed E-state index contributed by atoms with van der Waals surface area (Å²) >= 11 is 0. The van der Waals surface area contributed by atoms with Crippen LogP contribution < -0.4 is 5.32 Å². The van der Waals surface area contributed by atoms with Gasteiger partial charge >= 0.3 is 0 Å². The molecular weight excluding hydrogens is 481 g/mol. The lowest BCUT2D eigenvalue weighted by Gasteiger charge is -2.17. The number of amides is 1. The number of alkyl halides is 2. The van der Waals surface area contributed by atoms with E-state index in [-0.39, 0.29) is 11.4 Å². The second kappa shape index (κ2) is 10.2. The maximum Gasteiger partial charge on any atom is 0.239 e. The summed E-state index contributed by atoms with van der Waals surface area (Å²) in [5.41, 5.74) is 4.97. The highest BCUT2D eigenvalue weighted by atomic mass is 19.3. The third kappa shape index (κ3) is 5.18. The van der Waals surface area contributed by atoms with Gasteiger partial charge in [-0.3, -0.25) is 14.8 Å². The Morgan fingerprint density at radius 3 is 2.57 bits per heavy atom. The molecule has 0 radical (unpaired) electrons. The minimum atomic E-state index is -2.73. The lowest BCUT2D eigenvalue weighted by molar-refractivity contribution is -0.118. The number of aromatic amines is 1. The molecule has 37 heavy (non-hydrogen) atoms. The number of nitrogens with zero attached hydrogens (tertiary/aromatic N) is 4. The Balaban J connectivity index is 1.52. The van der Waals surface area contributed by atoms with Crippen LogP contribution in [0.1, 0.15) is 23.6 Å². The van der Waals surface area contributed by atoms with E-state index in [1.54, 1.807) is 24.5 Å². The van der Waals surface area contributed by atoms with E-state index in [9.17, 15) is 18.0 Å². The highest BCUT2D eigenvalue weighted by Crippen LogP contribution is 2.36. The number of pyridine rings is 2. The van der Waals surface area contributed by atoms with Gasteiger partial charge in [-0.25, -0.2) is 23.1 Å². The van der Waals surface area contributed by atoms with Crippen molar-refractivity contribution in [1.29, 1.82) is 0 Å². The first-order valence-corrected chi connectivity index (χ1v) is 11.5. The first-order chi connectivity index (χ1) is 17.9. The molecule has 0 saturated carbocycles. The van der Waals surface area contributed by atoms with Crippen LogP contribution in [0.15, 0.2) is 73.2 Å². The average Bonchev–Trinajstić information content (AvgIpc) is 3.27. The first kappa shape index (κ1) is 24.1. The molecule has 0 bridgehead atoms. The normalized spacial score (nSPS) is 12.1. The van der Waals surface area contributed by atoms with Gasteiger partial charge < -0.3 is 10.3 Å². The van der Waals surface area contributed by atoms with Gasteiger partial charge in [0, 0.05) is 30.6 Å². The number of carbonyl (C=O) groups excluding carboxylic acids is 1. The lowest BCUT2D eigenvalue weighted by Crippen LogP contribution is -2.23. The van der Waals surface area contributed by atoms with E-state index in [2.05, 4.69) is 30.2 Å². The Morgan fingerprint density at radius 2 is 1.84 bits per heavy atom. The quantitative estimate of drug-likeness (QED) is 0.289. The molecule has 4 aromatic heterocycles. The number of benzene rings is 1. The van der Waals surface area contributed by atoms with Crippen molar-refractivity contribution in [2.24, 2.45) is 0 Å². The molecule has 1 amide bonds. The third-order valence-electron chi connectivity index (χ3n) is 5.85. The summed E-state index contributed by atoms with van der Waals surface area (Å²) in [6, 6.07) is 13.8. The highest BCUT2D eigenvalue weighted by molar-refractivity contribution is 6.00. The Labute approximate surface area is 209 Å². The van der Waals surface area contributed by atoms with Crippen molar-refractivity contribution in [2.45, 2.75) is 25.7 Å². The van der Waals surface area contributed by atoms with Crippen LogP contribution in [0.2, 0.25) is 0 Å². The lowest BCUT2D eigenvalue weighted by atomic mass is 9.95. The van der Waals surface area contributed by atoms with Gasteiger partial charge in [-0.2, -0.15) is 0 Å². The Kier molecular flexibility index (Phi) is 6.63. The summed E-state index contributed by atoms with van der Waals surface area (Å²) in [5.74, 6) is -2.20. The molecular formula is C27H21F3N6O. The monoisotopic (exact) mass is 502 g/mol. The second-order valence-electron chi connectivity index (χ2n) is 8.45. The molecule has 1 aromatic carbocycles. The molecule has 4 heterocycles. The zero-order valence-electron chi connectivity index (χ0n) is 19.6. The minimum absolute atomic E-state index is 0.173. The summed E-state index contributed by atoms with van der Waals surface area (Å²) in [6.07, 6.45) is 1.42. The Bertz CT molecular complexity index is 1550.